The van der Waals surface area contributed by atoms with Gasteiger partial charge in [0.2, 0.25) is 0 Å². The lowest BCUT2D eigenvalue weighted by Gasteiger charge is -2.28. The number of carbonyl (C=O) groups excluding carboxylic acids is 2. The maximum atomic E-state index is 13.3. The van der Waals surface area contributed by atoms with Crippen molar-refractivity contribution in [3.05, 3.63) is 98.7 Å². The van der Waals surface area contributed by atoms with Gasteiger partial charge in [0.25, 0.3) is 11.8 Å². The molecular weight excluding hydrogens is 463 g/mol. The van der Waals surface area contributed by atoms with Gasteiger partial charge in [0, 0.05) is 29.2 Å². The Balaban J connectivity index is 1.38. The molecule has 0 radical (unpaired) electrons. The summed E-state index contributed by atoms with van der Waals surface area (Å²) in [5.41, 5.74) is 4.95. The topological polar surface area (TPSA) is 67.2 Å². The Kier molecular flexibility index (Phi) is 6.21. The lowest BCUT2D eigenvalue weighted by molar-refractivity contribution is 0.0735. The molecule has 1 N–H and O–H groups in total. The minimum absolute atomic E-state index is 0.0335. The van der Waals surface area contributed by atoms with Crippen LogP contribution in [-0.4, -0.2) is 33.0 Å². The number of fused-ring (bicyclic) bond motifs is 1. The molecule has 0 atom stereocenters. The minimum atomic E-state index is -0.331. The molecule has 4 aromatic rings. The first-order valence-electron chi connectivity index (χ1n) is 11.5. The van der Waals surface area contributed by atoms with Crippen LogP contribution in [0.5, 0.6) is 0 Å². The van der Waals surface area contributed by atoms with Gasteiger partial charge in [-0.3, -0.25) is 9.59 Å². The molecule has 0 aliphatic carbocycles. The van der Waals surface area contributed by atoms with Crippen molar-refractivity contribution < 1.29 is 14.0 Å². The predicted molar refractivity (Wildman–Crippen MR) is 135 cm³/mol. The van der Waals surface area contributed by atoms with Crippen LogP contribution >= 0.6 is 11.3 Å². The number of nitrogens with zero attached hydrogens (tertiary/aromatic N) is 3. The van der Waals surface area contributed by atoms with E-state index in [2.05, 4.69) is 21.9 Å². The monoisotopic (exact) mass is 488 g/mol. The number of hydrogen-bond acceptors (Lipinski definition) is 4. The standard InChI is InChI=1S/C27H25FN4O2S/c1-3-24-22(15-29-32(24)20-9-7-19(28)8-10-20)26(33)30-23-6-4-5-21(17(23)2)27(34)31-13-11-25-18(16-31)12-14-35-25/h4-10,12,14-15H,3,11,13,16H2,1-2H3,(H,30,33). The number of anilines is 1. The summed E-state index contributed by atoms with van der Waals surface area (Å²) in [5, 5.41) is 9.40. The van der Waals surface area contributed by atoms with E-state index in [0.29, 0.717) is 42.0 Å². The average molecular weight is 489 g/mol. The summed E-state index contributed by atoms with van der Waals surface area (Å²) in [7, 11) is 0. The van der Waals surface area contributed by atoms with Crippen LogP contribution in [0.15, 0.2) is 60.1 Å². The second-order valence-corrected chi connectivity index (χ2v) is 9.53. The third kappa shape index (κ3) is 4.37. The minimum Gasteiger partial charge on any atom is -0.334 e. The number of carbonyl (C=O) groups is 2. The van der Waals surface area contributed by atoms with Gasteiger partial charge in [-0.05, 0) is 78.7 Å². The van der Waals surface area contributed by atoms with Crippen LogP contribution in [0.2, 0.25) is 0 Å². The van der Waals surface area contributed by atoms with Gasteiger partial charge in [0.15, 0.2) is 0 Å². The zero-order valence-corrected chi connectivity index (χ0v) is 20.4. The molecule has 0 saturated carbocycles. The Morgan fingerprint density at radius 3 is 2.69 bits per heavy atom. The van der Waals surface area contributed by atoms with Crippen molar-refractivity contribution in [3.63, 3.8) is 0 Å². The number of benzene rings is 2. The second kappa shape index (κ2) is 9.46. The Labute approximate surface area is 207 Å². The van der Waals surface area contributed by atoms with E-state index in [0.717, 1.165) is 17.7 Å². The number of amides is 2. The number of halogens is 1. The van der Waals surface area contributed by atoms with Gasteiger partial charge in [0.05, 0.1) is 23.1 Å². The van der Waals surface area contributed by atoms with Crippen LogP contribution in [0.3, 0.4) is 0 Å². The van der Waals surface area contributed by atoms with Gasteiger partial charge < -0.3 is 10.2 Å². The molecule has 2 amide bonds. The van der Waals surface area contributed by atoms with Crippen LogP contribution in [-0.2, 0) is 19.4 Å². The van der Waals surface area contributed by atoms with Crippen molar-refractivity contribution in [2.24, 2.45) is 0 Å². The van der Waals surface area contributed by atoms with E-state index < -0.39 is 0 Å². The summed E-state index contributed by atoms with van der Waals surface area (Å²) in [4.78, 5) is 29.8. The van der Waals surface area contributed by atoms with Crippen LogP contribution in [0.4, 0.5) is 10.1 Å². The summed E-state index contributed by atoms with van der Waals surface area (Å²) < 4.78 is 15.0. The van der Waals surface area contributed by atoms with E-state index >= 15 is 0 Å². The van der Waals surface area contributed by atoms with Crippen molar-refractivity contribution in [2.45, 2.75) is 33.2 Å². The summed E-state index contributed by atoms with van der Waals surface area (Å²) in [6, 6.07) is 13.5. The van der Waals surface area contributed by atoms with Crippen molar-refractivity contribution in [1.29, 1.82) is 0 Å². The zero-order chi connectivity index (χ0) is 24.5. The molecule has 3 heterocycles. The lowest BCUT2D eigenvalue weighted by atomic mass is 10.0. The van der Waals surface area contributed by atoms with Crippen molar-refractivity contribution in [1.82, 2.24) is 14.7 Å². The van der Waals surface area contributed by atoms with Crippen LogP contribution in [0, 0.1) is 12.7 Å². The molecule has 0 unspecified atom stereocenters. The number of hydrogen-bond donors (Lipinski definition) is 1. The number of aromatic nitrogens is 2. The molecule has 178 valence electrons. The average Bonchev–Trinajstić information content (AvgIpc) is 3.52. The van der Waals surface area contributed by atoms with Crippen molar-refractivity contribution in [2.75, 3.05) is 11.9 Å². The van der Waals surface area contributed by atoms with E-state index in [1.807, 2.05) is 18.7 Å². The van der Waals surface area contributed by atoms with Gasteiger partial charge >= 0.3 is 0 Å². The number of thiophene rings is 1. The molecule has 6 nitrogen and oxygen atoms in total. The third-order valence-electron chi connectivity index (χ3n) is 6.43. The fraction of sp³-hybridized carbons (Fsp3) is 0.222. The normalized spacial score (nSPS) is 12.9. The van der Waals surface area contributed by atoms with E-state index in [-0.39, 0.29) is 17.6 Å². The fourth-order valence-electron chi connectivity index (χ4n) is 4.49. The Morgan fingerprint density at radius 1 is 1.11 bits per heavy atom. The van der Waals surface area contributed by atoms with Gasteiger partial charge in [0.1, 0.15) is 5.82 Å². The van der Waals surface area contributed by atoms with E-state index in [4.69, 9.17) is 0 Å². The quantitative estimate of drug-likeness (QED) is 0.409. The fourth-order valence-corrected chi connectivity index (χ4v) is 5.38. The number of rotatable bonds is 5. The summed E-state index contributed by atoms with van der Waals surface area (Å²) in [6.45, 7) is 5.09. The molecule has 0 bridgehead atoms. The number of nitrogens with one attached hydrogen (secondary N) is 1. The first-order valence-corrected chi connectivity index (χ1v) is 12.4. The SMILES string of the molecule is CCc1c(C(=O)Nc2cccc(C(=O)N3CCc4sccc4C3)c2C)cnn1-c1ccc(F)cc1. The highest BCUT2D eigenvalue weighted by atomic mass is 32.1. The Morgan fingerprint density at radius 2 is 1.91 bits per heavy atom. The molecule has 1 aliphatic heterocycles. The highest BCUT2D eigenvalue weighted by molar-refractivity contribution is 7.10. The highest BCUT2D eigenvalue weighted by Gasteiger charge is 2.25. The molecule has 0 saturated heterocycles. The van der Waals surface area contributed by atoms with Gasteiger partial charge in [-0.2, -0.15) is 5.10 Å². The van der Waals surface area contributed by atoms with Crippen LogP contribution in [0.1, 0.15) is 49.3 Å². The Hall–Kier alpha value is -3.78. The molecule has 0 fully saturated rings. The molecule has 5 rings (SSSR count). The van der Waals surface area contributed by atoms with Crippen molar-refractivity contribution >= 4 is 28.8 Å². The molecular formula is C27H25FN4O2S. The first-order chi connectivity index (χ1) is 17.0. The third-order valence-corrected chi connectivity index (χ3v) is 7.45. The van der Waals surface area contributed by atoms with Gasteiger partial charge in [-0.1, -0.05) is 13.0 Å². The molecule has 1 aliphatic rings. The highest BCUT2D eigenvalue weighted by Crippen LogP contribution is 2.27. The molecule has 2 aromatic heterocycles. The molecule has 8 heteroatoms. The first kappa shape index (κ1) is 23.0. The van der Waals surface area contributed by atoms with E-state index in [9.17, 15) is 14.0 Å². The van der Waals surface area contributed by atoms with Crippen LogP contribution in [0.25, 0.3) is 5.69 Å². The van der Waals surface area contributed by atoms with E-state index in [1.54, 1.807) is 46.4 Å². The van der Waals surface area contributed by atoms with Crippen LogP contribution < -0.4 is 5.32 Å². The van der Waals surface area contributed by atoms with Gasteiger partial charge in [-0.25, -0.2) is 9.07 Å². The second-order valence-electron chi connectivity index (χ2n) is 8.52. The summed E-state index contributed by atoms with van der Waals surface area (Å²) >= 11 is 1.74. The maximum Gasteiger partial charge on any atom is 0.259 e. The molecule has 35 heavy (non-hydrogen) atoms. The Bertz CT molecular complexity index is 1410. The lowest BCUT2D eigenvalue weighted by Crippen LogP contribution is -2.35. The smallest absolute Gasteiger partial charge is 0.259 e. The molecule has 0 spiro atoms. The summed E-state index contributed by atoms with van der Waals surface area (Å²) in [5.74, 6) is -0.667. The van der Waals surface area contributed by atoms with Crippen molar-refractivity contribution in [3.8, 4) is 5.69 Å². The maximum absolute atomic E-state index is 13.3. The van der Waals surface area contributed by atoms with Gasteiger partial charge in [-0.15, -0.1) is 11.3 Å². The zero-order valence-electron chi connectivity index (χ0n) is 19.5. The van der Waals surface area contributed by atoms with E-state index in [1.165, 1.54) is 28.8 Å². The predicted octanol–water partition coefficient (Wildman–Crippen LogP) is 5.39. The summed E-state index contributed by atoms with van der Waals surface area (Å²) in [6.07, 6.45) is 2.96. The largest absolute Gasteiger partial charge is 0.334 e. The molecule has 2 aromatic carbocycles.